The van der Waals surface area contributed by atoms with E-state index in [1.54, 1.807) is 0 Å². The molecule has 0 unspecified atom stereocenters. The molecule has 0 aliphatic rings. The van der Waals surface area contributed by atoms with Crippen molar-refractivity contribution >= 4 is 11.9 Å². The van der Waals surface area contributed by atoms with Crippen LogP contribution in [-0.4, -0.2) is 34.3 Å². The maximum absolute atomic E-state index is 12.1. The van der Waals surface area contributed by atoms with Crippen LogP contribution in [0.15, 0.2) is 35.2 Å². The molecule has 7 nitrogen and oxygen atoms in total. The zero-order chi connectivity index (χ0) is 16.8. The lowest BCUT2D eigenvalue weighted by atomic mass is 10.1. The van der Waals surface area contributed by atoms with Crippen molar-refractivity contribution in [3.8, 4) is 0 Å². The first-order chi connectivity index (χ1) is 10.3. The summed E-state index contributed by atoms with van der Waals surface area (Å²) >= 11 is 0. The smallest absolute Gasteiger partial charge is 0.417 e. The molecular weight excluding hydrogens is 309 g/mol. The number of halogens is 3. The van der Waals surface area contributed by atoms with Crippen molar-refractivity contribution in [2.75, 3.05) is 7.11 Å². The van der Waals surface area contributed by atoms with E-state index in [1.807, 2.05) is 0 Å². The predicted octanol–water partition coefficient (Wildman–Crippen LogP) is 2.26. The minimum atomic E-state index is -4.62. The Hall–Kier alpha value is -2.91. The Labute approximate surface area is 121 Å². The molecule has 2 rings (SSSR count). The normalized spacial score (nSPS) is 10.4. The van der Waals surface area contributed by atoms with Gasteiger partial charge in [-0.15, -0.1) is 0 Å². The van der Waals surface area contributed by atoms with Gasteiger partial charge >= 0.3 is 18.1 Å². The number of carboxylic acid groups (broad SMARTS) is 1. The van der Waals surface area contributed by atoms with E-state index < -0.39 is 29.2 Å². The highest BCUT2D eigenvalue weighted by atomic mass is 19.4. The third kappa shape index (κ3) is 4.58. The predicted molar refractivity (Wildman–Crippen MR) is 64.0 cm³/mol. The van der Waals surface area contributed by atoms with Crippen molar-refractivity contribution in [2.24, 2.45) is 0 Å². The first-order valence-electron chi connectivity index (χ1n) is 5.51. The van der Waals surface area contributed by atoms with Gasteiger partial charge in [0.1, 0.15) is 0 Å². The zero-order valence-corrected chi connectivity index (χ0v) is 11.0. The highest BCUT2D eigenvalue weighted by Crippen LogP contribution is 2.31. The van der Waals surface area contributed by atoms with Gasteiger partial charge in [-0.2, -0.15) is 18.2 Å². The van der Waals surface area contributed by atoms with Crippen LogP contribution in [0.1, 0.15) is 26.5 Å². The summed E-state index contributed by atoms with van der Waals surface area (Å²) in [6.07, 6.45) is -3.55. The number of benzene rings is 1. The Morgan fingerprint density at radius 1 is 1.27 bits per heavy atom. The summed E-state index contributed by atoms with van der Waals surface area (Å²) < 4.78 is 45.0. The van der Waals surface area contributed by atoms with E-state index in [4.69, 9.17) is 5.11 Å². The Bertz CT molecular complexity index is 640. The van der Waals surface area contributed by atoms with E-state index in [0.717, 1.165) is 24.6 Å². The fourth-order valence-electron chi connectivity index (χ4n) is 1.27. The number of nitrogens with zero attached hydrogens (tertiary/aromatic N) is 2. The number of rotatable bonds is 2. The first kappa shape index (κ1) is 17.1. The van der Waals surface area contributed by atoms with Crippen LogP contribution in [0.4, 0.5) is 13.2 Å². The molecular formula is C12H9F3N2O5. The minimum absolute atomic E-state index is 0.0579. The topological polar surface area (TPSA) is 103 Å². The van der Waals surface area contributed by atoms with Crippen molar-refractivity contribution in [3.05, 3.63) is 47.6 Å². The van der Waals surface area contributed by atoms with E-state index in [9.17, 15) is 22.8 Å². The van der Waals surface area contributed by atoms with Gasteiger partial charge in [-0.25, -0.2) is 9.59 Å². The summed E-state index contributed by atoms with van der Waals surface area (Å²) in [5, 5.41) is 11.7. The highest BCUT2D eigenvalue weighted by molar-refractivity contribution is 5.89. The number of carbonyl (C=O) groups is 2. The van der Waals surface area contributed by atoms with Crippen molar-refractivity contribution in [1.82, 2.24) is 10.1 Å². The second-order valence-electron chi connectivity index (χ2n) is 3.59. The molecule has 0 atom stereocenters. The van der Waals surface area contributed by atoms with Crippen molar-refractivity contribution in [1.29, 1.82) is 0 Å². The summed E-state index contributed by atoms with van der Waals surface area (Å²) in [7, 11) is 1.25. The third-order valence-electron chi connectivity index (χ3n) is 2.19. The van der Waals surface area contributed by atoms with Crippen molar-refractivity contribution < 1.29 is 37.1 Å². The van der Waals surface area contributed by atoms with Crippen LogP contribution in [0.2, 0.25) is 0 Å². The van der Waals surface area contributed by atoms with Gasteiger partial charge in [-0.3, -0.25) is 0 Å². The number of hydrogen-bond donors (Lipinski definition) is 1. The van der Waals surface area contributed by atoms with E-state index in [2.05, 4.69) is 19.4 Å². The number of carbonyl (C=O) groups excluding carboxylic acids is 1. The van der Waals surface area contributed by atoms with Crippen LogP contribution in [0, 0.1) is 0 Å². The number of aromatic nitrogens is 2. The number of carboxylic acids is 1. The lowest BCUT2D eigenvalue weighted by Gasteiger charge is -2.08. The number of aromatic carboxylic acids is 1. The SMILES string of the molecule is COC(=O)c1ncon1.O=C(O)c1ccccc1C(F)(F)F. The summed E-state index contributed by atoms with van der Waals surface area (Å²) in [6.45, 7) is 0. The van der Waals surface area contributed by atoms with Gasteiger partial charge in [-0.05, 0) is 12.1 Å². The molecule has 2 aromatic rings. The van der Waals surface area contributed by atoms with E-state index in [0.29, 0.717) is 0 Å². The average molecular weight is 318 g/mol. The van der Waals surface area contributed by atoms with Crippen LogP contribution in [0.25, 0.3) is 0 Å². The van der Waals surface area contributed by atoms with Crippen LogP contribution in [-0.2, 0) is 10.9 Å². The number of methoxy groups -OCH3 is 1. The molecule has 0 amide bonds. The van der Waals surface area contributed by atoms with Crippen LogP contribution in [0.5, 0.6) is 0 Å². The lowest BCUT2D eigenvalue weighted by Crippen LogP contribution is -2.12. The molecule has 0 aliphatic carbocycles. The first-order valence-corrected chi connectivity index (χ1v) is 5.51. The van der Waals surface area contributed by atoms with Gasteiger partial charge in [0.2, 0.25) is 6.39 Å². The largest absolute Gasteiger partial charge is 0.478 e. The standard InChI is InChI=1S/C8H5F3O2.C4H4N2O3/c9-8(10,11)6-4-2-1-3-5(6)7(12)13;1-8-4(7)3-5-2-9-6-3/h1-4H,(H,12,13);2H,1H3. The zero-order valence-electron chi connectivity index (χ0n) is 11.0. The fraction of sp³-hybridized carbons (Fsp3) is 0.167. The maximum Gasteiger partial charge on any atom is 0.417 e. The molecule has 0 saturated carbocycles. The van der Waals surface area contributed by atoms with E-state index in [1.165, 1.54) is 13.2 Å². The molecule has 118 valence electrons. The van der Waals surface area contributed by atoms with Gasteiger partial charge in [0.15, 0.2) is 0 Å². The van der Waals surface area contributed by atoms with Gasteiger partial charge in [-0.1, -0.05) is 17.3 Å². The molecule has 0 radical (unpaired) electrons. The molecule has 0 spiro atoms. The summed E-state index contributed by atoms with van der Waals surface area (Å²) in [4.78, 5) is 24.3. The number of esters is 1. The molecule has 0 saturated heterocycles. The Morgan fingerprint density at radius 2 is 1.91 bits per heavy atom. The molecule has 1 N–H and O–H groups in total. The summed E-state index contributed by atoms with van der Waals surface area (Å²) in [5.74, 6) is -2.23. The monoisotopic (exact) mass is 318 g/mol. The van der Waals surface area contributed by atoms with Crippen molar-refractivity contribution in [3.63, 3.8) is 0 Å². The van der Waals surface area contributed by atoms with E-state index >= 15 is 0 Å². The summed E-state index contributed by atoms with van der Waals surface area (Å²) in [6, 6.07) is 4.06. The minimum Gasteiger partial charge on any atom is -0.478 e. The van der Waals surface area contributed by atoms with Gasteiger partial charge in [0.25, 0.3) is 5.82 Å². The highest BCUT2D eigenvalue weighted by Gasteiger charge is 2.34. The molecule has 0 fully saturated rings. The van der Waals surface area contributed by atoms with Crippen LogP contribution in [0.3, 0.4) is 0 Å². The fourth-order valence-corrected chi connectivity index (χ4v) is 1.27. The van der Waals surface area contributed by atoms with Gasteiger partial charge in [0, 0.05) is 0 Å². The van der Waals surface area contributed by atoms with Crippen LogP contribution >= 0.6 is 0 Å². The number of hydrogen-bond acceptors (Lipinski definition) is 6. The van der Waals surface area contributed by atoms with Gasteiger partial charge in [0.05, 0.1) is 18.2 Å². The maximum atomic E-state index is 12.1. The number of alkyl halides is 3. The lowest BCUT2D eigenvalue weighted by molar-refractivity contribution is -0.138. The summed E-state index contributed by atoms with van der Waals surface area (Å²) in [5.41, 5.74) is -1.85. The second-order valence-corrected chi connectivity index (χ2v) is 3.59. The molecule has 1 aromatic heterocycles. The Balaban J connectivity index is 0.000000235. The van der Waals surface area contributed by atoms with E-state index in [-0.39, 0.29) is 5.82 Å². The second kappa shape index (κ2) is 7.20. The Kier molecular flexibility index (Phi) is 5.61. The number of ether oxygens (including phenoxy) is 1. The average Bonchev–Trinajstić information content (AvgIpc) is 3.00. The van der Waals surface area contributed by atoms with Crippen molar-refractivity contribution in [2.45, 2.75) is 6.18 Å². The molecule has 10 heteroatoms. The Morgan fingerprint density at radius 3 is 2.32 bits per heavy atom. The molecule has 0 aliphatic heterocycles. The van der Waals surface area contributed by atoms with Gasteiger partial charge < -0.3 is 14.4 Å². The van der Waals surface area contributed by atoms with Crippen LogP contribution < -0.4 is 0 Å². The third-order valence-corrected chi connectivity index (χ3v) is 2.19. The molecule has 22 heavy (non-hydrogen) atoms. The molecule has 0 bridgehead atoms. The molecule has 1 heterocycles. The molecule has 1 aromatic carbocycles. The quantitative estimate of drug-likeness (QED) is 0.847.